The maximum atomic E-state index is 13.9. The number of alkyl halides is 1. The van der Waals surface area contributed by atoms with Crippen molar-refractivity contribution < 1.29 is 47.2 Å². The SMILES string of the molecule is CCOC(=O)OCO[PH](=O)OC[C@@]1(CF)O[C@@H](n2ccc(=O)[nH]c2=O)[C@](C)(O)[C@@H]1O. The molecule has 1 aliphatic heterocycles. The molecule has 13 nitrogen and oxygen atoms in total. The number of ether oxygens (including phenoxy) is 3. The molecule has 1 aliphatic rings. The Bertz CT molecular complexity index is 888. The Morgan fingerprint density at radius 2 is 2.10 bits per heavy atom. The van der Waals surface area contributed by atoms with Crippen molar-refractivity contribution >= 4 is 14.4 Å². The number of aliphatic hydroxyl groups excluding tert-OH is 1. The quantitative estimate of drug-likeness (QED) is 0.247. The average Bonchev–Trinajstić information content (AvgIpc) is 2.88. The van der Waals surface area contributed by atoms with Crippen molar-refractivity contribution in [2.24, 2.45) is 0 Å². The van der Waals surface area contributed by atoms with Crippen LogP contribution >= 0.6 is 8.25 Å². The molecule has 0 spiro atoms. The summed E-state index contributed by atoms with van der Waals surface area (Å²) in [6, 6.07) is 0.968. The van der Waals surface area contributed by atoms with E-state index in [1.807, 2.05) is 4.98 Å². The van der Waals surface area contributed by atoms with Crippen LogP contribution in [0.25, 0.3) is 0 Å². The van der Waals surface area contributed by atoms with Gasteiger partial charge < -0.3 is 28.9 Å². The molecule has 2 rings (SSSR count). The van der Waals surface area contributed by atoms with Crippen LogP contribution in [0.2, 0.25) is 0 Å². The minimum atomic E-state index is -3.33. The van der Waals surface area contributed by atoms with E-state index in [1.165, 1.54) is 0 Å². The number of aromatic nitrogens is 2. The first-order valence-corrected chi connectivity index (χ1v) is 9.84. The van der Waals surface area contributed by atoms with Crippen molar-refractivity contribution in [3.63, 3.8) is 0 Å². The molecule has 0 aromatic carbocycles. The minimum absolute atomic E-state index is 0.0538. The van der Waals surface area contributed by atoms with Gasteiger partial charge in [0, 0.05) is 12.3 Å². The first-order valence-electron chi connectivity index (χ1n) is 8.62. The molecule has 1 fully saturated rings. The lowest BCUT2D eigenvalue weighted by atomic mass is 9.88. The largest absolute Gasteiger partial charge is 0.510 e. The second-order valence-electron chi connectivity index (χ2n) is 6.44. The average molecular weight is 456 g/mol. The Morgan fingerprint density at radius 1 is 1.40 bits per heavy atom. The van der Waals surface area contributed by atoms with Crippen molar-refractivity contribution in [3.8, 4) is 0 Å². The summed E-state index contributed by atoms with van der Waals surface area (Å²) in [6.45, 7) is -0.321. The van der Waals surface area contributed by atoms with Crippen LogP contribution in [0.15, 0.2) is 21.9 Å². The molecule has 0 amide bonds. The molecule has 1 aromatic heterocycles. The van der Waals surface area contributed by atoms with Crippen LogP contribution in [-0.4, -0.2) is 69.9 Å². The third-order valence-corrected chi connectivity index (χ3v) is 5.01. The van der Waals surface area contributed by atoms with Crippen LogP contribution in [0.1, 0.15) is 20.1 Å². The van der Waals surface area contributed by atoms with E-state index in [1.54, 1.807) is 6.92 Å². The van der Waals surface area contributed by atoms with E-state index in [2.05, 4.69) is 14.0 Å². The van der Waals surface area contributed by atoms with Crippen LogP contribution in [0.5, 0.6) is 0 Å². The zero-order valence-electron chi connectivity index (χ0n) is 16.0. The number of carbonyl (C=O) groups is 1. The number of nitrogens with zero attached hydrogens (tertiary/aromatic N) is 1. The molecule has 1 aromatic rings. The standard InChI is InChI=1S/C15H22FN2O11P/c1-3-25-13(22)26-8-28-30(24)27-7-15(6-16)10(20)14(2,23)11(29-15)18-5-4-9(19)17-12(18)21/h4-5,10-11,20,23,30H,3,6-8H2,1-2H3,(H,17,19,21)/t10-,11+,14+,15+/m0/s1. The van der Waals surface area contributed by atoms with Crippen LogP contribution in [0.3, 0.4) is 0 Å². The van der Waals surface area contributed by atoms with Crippen LogP contribution in [-0.2, 0) is 27.8 Å². The second-order valence-corrected chi connectivity index (χ2v) is 7.52. The van der Waals surface area contributed by atoms with Crippen molar-refractivity contribution in [1.29, 1.82) is 0 Å². The van der Waals surface area contributed by atoms with Gasteiger partial charge in [-0.05, 0) is 13.8 Å². The van der Waals surface area contributed by atoms with Crippen LogP contribution in [0, 0.1) is 0 Å². The lowest BCUT2D eigenvalue weighted by Gasteiger charge is -2.30. The zero-order valence-corrected chi connectivity index (χ0v) is 17.0. The summed E-state index contributed by atoms with van der Waals surface area (Å²) in [5.74, 6) is 0. The molecule has 0 radical (unpaired) electrons. The summed E-state index contributed by atoms with van der Waals surface area (Å²) in [7, 11) is -3.33. The van der Waals surface area contributed by atoms with Crippen molar-refractivity contribution in [2.75, 3.05) is 26.7 Å². The molecule has 2 heterocycles. The van der Waals surface area contributed by atoms with Gasteiger partial charge in [-0.15, -0.1) is 0 Å². The molecule has 170 valence electrons. The summed E-state index contributed by atoms with van der Waals surface area (Å²) >= 11 is 0. The number of aromatic amines is 1. The topological polar surface area (TPSA) is 176 Å². The highest BCUT2D eigenvalue weighted by atomic mass is 31.1. The summed E-state index contributed by atoms with van der Waals surface area (Å²) in [6.07, 6.45) is -3.59. The fourth-order valence-corrected chi connectivity index (χ4v) is 3.39. The predicted octanol–water partition coefficient (Wildman–Crippen LogP) is -0.561. The molecule has 1 saturated heterocycles. The predicted molar refractivity (Wildman–Crippen MR) is 95.8 cm³/mol. The van der Waals surface area contributed by atoms with Gasteiger partial charge in [0.15, 0.2) is 11.8 Å². The molecule has 1 unspecified atom stereocenters. The Balaban J connectivity index is 2.08. The Hall–Kier alpha value is -2.09. The molecule has 0 saturated carbocycles. The first-order chi connectivity index (χ1) is 14.1. The number of hydrogen-bond acceptors (Lipinski definition) is 11. The van der Waals surface area contributed by atoms with Gasteiger partial charge in [-0.3, -0.25) is 23.4 Å². The maximum Gasteiger partial charge on any atom is 0.510 e. The van der Waals surface area contributed by atoms with E-state index in [4.69, 9.17) is 9.26 Å². The summed E-state index contributed by atoms with van der Waals surface area (Å²) < 4.78 is 50.2. The Morgan fingerprint density at radius 3 is 2.70 bits per heavy atom. The first kappa shape index (κ1) is 24.2. The Labute approximate surface area is 169 Å². The highest BCUT2D eigenvalue weighted by Crippen LogP contribution is 2.45. The van der Waals surface area contributed by atoms with E-state index in [0.29, 0.717) is 0 Å². The Kier molecular flexibility index (Phi) is 7.91. The smallest absolute Gasteiger partial charge is 0.435 e. The van der Waals surface area contributed by atoms with Gasteiger partial charge in [0.2, 0.25) is 6.79 Å². The van der Waals surface area contributed by atoms with Crippen molar-refractivity contribution in [3.05, 3.63) is 33.1 Å². The number of nitrogens with one attached hydrogen (secondary N) is 1. The number of halogens is 1. The van der Waals surface area contributed by atoms with Crippen LogP contribution < -0.4 is 11.2 Å². The lowest BCUT2D eigenvalue weighted by Crippen LogP contribution is -2.53. The second kappa shape index (κ2) is 9.81. The molecular formula is C15H22FN2O11P. The summed E-state index contributed by atoms with van der Waals surface area (Å²) in [5.41, 5.74) is -6.09. The van der Waals surface area contributed by atoms with Gasteiger partial charge in [0.05, 0.1) is 13.2 Å². The van der Waals surface area contributed by atoms with Gasteiger partial charge in [-0.25, -0.2) is 14.0 Å². The molecule has 0 bridgehead atoms. The van der Waals surface area contributed by atoms with Crippen LogP contribution in [0.4, 0.5) is 9.18 Å². The van der Waals surface area contributed by atoms with E-state index in [-0.39, 0.29) is 6.61 Å². The highest BCUT2D eigenvalue weighted by molar-refractivity contribution is 7.33. The number of aliphatic hydroxyl groups is 2. The zero-order chi connectivity index (χ0) is 22.5. The van der Waals surface area contributed by atoms with E-state index in [0.717, 1.165) is 23.8 Å². The summed E-state index contributed by atoms with van der Waals surface area (Å²) in [5, 5.41) is 21.1. The molecule has 15 heteroatoms. The molecule has 30 heavy (non-hydrogen) atoms. The molecule has 5 atom stereocenters. The summed E-state index contributed by atoms with van der Waals surface area (Å²) in [4.78, 5) is 36.2. The van der Waals surface area contributed by atoms with E-state index < -0.39 is 69.3 Å². The third-order valence-electron chi connectivity index (χ3n) is 4.28. The van der Waals surface area contributed by atoms with E-state index in [9.17, 15) is 33.6 Å². The van der Waals surface area contributed by atoms with Gasteiger partial charge in [0.1, 0.15) is 18.4 Å². The van der Waals surface area contributed by atoms with Gasteiger partial charge in [-0.1, -0.05) is 0 Å². The van der Waals surface area contributed by atoms with E-state index >= 15 is 0 Å². The molecule has 0 aliphatic carbocycles. The number of rotatable bonds is 9. The lowest BCUT2D eigenvalue weighted by molar-refractivity contribution is -0.136. The minimum Gasteiger partial charge on any atom is -0.435 e. The highest BCUT2D eigenvalue weighted by Gasteiger charge is 2.62. The number of carbonyl (C=O) groups excluding carboxylic acids is 1. The normalized spacial score (nSPS) is 29.5. The molecular weight excluding hydrogens is 434 g/mol. The number of H-pyrrole nitrogens is 1. The van der Waals surface area contributed by atoms with Gasteiger partial charge in [-0.2, -0.15) is 0 Å². The third kappa shape index (κ3) is 5.14. The fraction of sp³-hybridized carbons (Fsp3) is 0.667. The molecule has 3 N–H and O–H groups in total. The fourth-order valence-electron chi connectivity index (χ4n) is 2.79. The van der Waals surface area contributed by atoms with Gasteiger partial charge >= 0.3 is 20.1 Å². The van der Waals surface area contributed by atoms with Crippen molar-refractivity contribution in [1.82, 2.24) is 9.55 Å². The monoisotopic (exact) mass is 456 g/mol. The number of hydrogen-bond donors (Lipinski definition) is 3. The van der Waals surface area contributed by atoms with Crippen molar-refractivity contribution in [2.45, 2.75) is 37.4 Å². The maximum absolute atomic E-state index is 13.9. The van der Waals surface area contributed by atoms with Gasteiger partial charge in [0.25, 0.3) is 5.56 Å².